The second-order valence-corrected chi connectivity index (χ2v) is 7.91. The predicted octanol–water partition coefficient (Wildman–Crippen LogP) is 4.66. The summed E-state index contributed by atoms with van der Waals surface area (Å²) >= 11 is 0. The van der Waals surface area contributed by atoms with Gasteiger partial charge in [0.05, 0.1) is 5.92 Å². The number of carbonyl (C=O) groups is 1. The van der Waals surface area contributed by atoms with Crippen LogP contribution in [0.3, 0.4) is 0 Å². The Hall–Kier alpha value is -2.13. The first-order chi connectivity index (χ1) is 11.9. The van der Waals surface area contributed by atoms with Crippen LogP contribution in [0.5, 0.6) is 0 Å². The van der Waals surface area contributed by atoms with Gasteiger partial charge in [-0.15, -0.1) is 0 Å². The van der Waals surface area contributed by atoms with E-state index in [9.17, 15) is 4.79 Å². The molecule has 1 aliphatic rings. The minimum Gasteiger partial charge on any atom is -0.326 e. The molecule has 0 spiro atoms. The molecular weight excluding hydrogens is 308 g/mol. The molecule has 2 unspecified atom stereocenters. The molecule has 0 saturated carbocycles. The van der Waals surface area contributed by atoms with Crippen molar-refractivity contribution in [2.45, 2.75) is 45.1 Å². The second-order valence-electron chi connectivity index (χ2n) is 7.91. The highest BCUT2D eigenvalue weighted by Crippen LogP contribution is 2.31. The van der Waals surface area contributed by atoms with Gasteiger partial charge in [0.25, 0.3) is 0 Å². The van der Waals surface area contributed by atoms with E-state index >= 15 is 0 Å². The molecule has 1 fully saturated rings. The van der Waals surface area contributed by atoms with Crippen LogP contribution in [0.15, 0.2) is 54.6 Å². The normalized spacial score (nSPS) is 20.9. The summed E-state index contributed by atoms with van der Waals surface area (Å²) in [6.07, 6.45) is 1.95. The molecule has 3 heteroatoms. The van der Waals surface area contributed by atoms with Crippen molar-refractivity contribution in [3.05, 3.63) is 65.7 Å². The Labute approximate surface area is 150 Å². The third-order valence-electron chi connectivity index (χ3n) is 4.95. The summed E-state index contributed by atoms with van der Waals surface area (Å²) in [6, 6.07) is 18.6. The maximum absolute atomic E-state index is 13.0. The smallest absolute Gasteiger partial charge is 0.229 e. The fourth-order valence-electron chi connectivity index (χ4n) is 3.48. The largest absolute Gasteiger partial charge is 0.326 e. The molecule has 0 bridgehead atoms. The lowest BCUT2D eigenvalue weighted by molar-refractivity contribution is -0.121. The van der Waals surface area contributed by atoms with Gasteiger partial charge in [-0.2, -0.15) is 0 Å². The van der Waals surface area contributed by atoms with Crippen molar-refractivity contribution in [1.29, 1.82) is 0 Å². The average Bonchev–Trinajstić information content (AvgIpc) is 2.62. The van der Waals surface area contributed by atoms with Crippen LogP contribution in [0.4, 0.5) is 5.69 Å². The highest BCUT2D eigenvalue weighted by atomic mass is 16.1. The van der Waals surface area contributed by atoms with E-state index in [1.165, 1.54) is 11.1 Å². The van der Waals surface area contributed by atoms with Gasteiger partial charge in [0.1, 0.15) is 0 Å². The highest BCUT2D eigenvalue weighted by molar-refractivity contribution is 5.93. The number of anilines is 1. The van der Waals surface area contributed by atoms with Crippen LogP contribution >= 0.6 is 0 Å². The van der Waals surface area contributed by atoms with Gasteiger partial charge in [0.15, 0.2) is 0 Å². The zero-order valence-electron chi connectivity index (χ0n) is 15.4. The molecule has 0 radical (unpaired) electrons. The van der Waals surface area contributed by atoms with E-state index < -0.39 is 0 Å². The Morgan fingerprint density at radius 2 is 1.84 bits per heavy atom. The third-order valence-corrected chi connectivity index (χ3v) is 4.95. The van der Waals surface area contributed by atoms with Gasteiger partial charge in [-0.25, -0.2) is 0 Å². The van der Waals surface area contributed by atoms with E-state index in [-0.39, 0.29) is 23.3 Å². The zero-order valence-corrected chi connectivity index (χ0v) is 15.4. The Bertz CT molecular complexity index is 718. The molecule has 2 aromatic rings. The Balaban J connectivity index is 1.77. The van der Waals surface area contributed by atoms with E-state index in [2.05, 4.69) is 55.7 Å². The number of piperidine rings is 1. The molecule has 3 rings (SSSR count). The van der Waals surface area contributed by atoms with Gasteiger partial charge in [-0.3, -0.25) is 4.79 Å². The van der Waals surface area contributed by atoms with Gasteiger partial charge in [-0.05, 0) is 48.1 Å². The Kier molecular flexibility index (Phi) is 5.24. The van der Waals surface area contributed by atoms with Crippen molar-refractivity contribution >= 4 is 11.6 Å². The molecular formula is C22H28N2O. The minimum absolute atomic E-state index is 0.0468. The van der Waals surface area contributed by atoms with E-state index in [0.717, 1.165) is 25.1 Å². The Morgan fingerprint density at radius 3 is 2.56 bits per heavy atom. The van der Waals surface area contributed by atoms with Crippen molar-refractivity contribution in [2.24, 2.45) is 5.92 Å². The first-order valence-corrected chi connectivity index (χ1v) is 9.15. The fraction of sp³-hybridized carbons (Fsp3) is 0.409. The Morgan fingerprint density at radius 1 is 1.08 bits per heavy atom. The van der Waals surface area contributed by atoms with Crippen LogP contribution < -0.4 is 10.6 Å². The van der Waals surface area contributed by atoms with Crippen LogP contribution in [0.2, 0.25) is 0 Å². The zero-order chi connectivity index (χ0) is 17.9. The number of rotatable bonds is 3. The van der Waals surface area contributed by atoms with Crippen LogP contribution in [0.25, 0.3) is 0 Å². The molecule has 0 aliphatic carbocycles. The minimum atomic E-state index is -0.0468. The molecule has 132 valence electrons. The van der Waals surface area contributed by atoms with Crippen LogP contribution in [0, 0.1) is 5.92 Å². The van der Waals surface area contributed by atoms with Crippen molar-refractivity contribution in [1.82, 2.24) is 5.32 Å². The van der Waals surface area contributed by atoms with Gasteiger partial charge in [0, 0.05) is 11.7 Å². The number of nitrogens with one attached hydrogen (secondary N) is 2. The number of benzene rings is 2. The SMILES string of the molecule is CC(C)(C)c1cccc(NC(=O)C2CCCNC2c2ccccc2)c1. The van der Waals surface area contributed by atoms with Crippen LogP contribution in [-0.4, -0.2) is 12.5 Å². The van der Waals surface area contributed by atoms with Crippen LogP contribution in [0.1, 0.15) is 50.8 Å². The van der Waals surface area contributed by atoms with Crippen molar-refractivity contribution in [3.63, 3.8) is 0 Å². The van der Waals surface area contributed by atoms with E-state index in [0.29, 0.717) is 0 Å². The molecule has 3 nitrogen and oxygen atoms in total. The lowest BCUT2D eigenvalue weighted by Gasteiger charge is -2.32. The number of amides is 1. The van der Waals surface area contributed by atoms with Crippen molar-refractivity contribution in [2.75, 3.05) is 11.9 Å². The van der Waals surface area contributed by atoms with Crippen molar-refractivity contribution in [3.8, 4) is 0 Å². The first kappa shape index (κ1) is 17.7. The summed E-state index contributed by atoms with van der Waals surface area (Å²) in [7, 11) is 0. The standard InChI is InChI=1S/C22H28N2O/c1-22(2,3)17-11-7-12-18(15-17)24-21(25)19-13-8-14-23-20(19)16-9-5-4-6-10-16/h4-7,9-12,15,19-20,23H,8,13-14H2,1-3H3,(H,24,25). The summed E-state index contributed by atoms with van der Waals surface area (Å²) in [5.74, 6) is 0.0570. The highest BCUT2D eigenvalue weighted by Gasteiger charge is 2.31. The summed E-state index contributed by atoms with van der Waals surface area (Å²) in [5, 5.41) is 6.67. The fourth-order valence-corrected chi connectivity index (χ4v) is 3.48. The van der Waals surface area contributed by atoms with Crippen LogP contribution in [-0.2, 0) is 10.2 Å². The topological polar surface area (TPSA) is 41.1 Å². The summed E-state index contributed by atoms with van der Waals surface area (Å²) in [5.41, 5.74) is 3.37. The lowest BCUT2D eigenvalue weighted by atomic mass is 9.85. The molecule has 2 aromatic carbocycles. The lowest BCUT2D eigenvalue weighted by Crippen LogP contribution is -2.40. The molecule has 1 saturated heterocycles. The first-order valence-electron chi connectivity index (χ1n) is 9.15. The molecule has 2 N–H and O–H groups in total. The van der Waals surface area contributed by atoms with E-state index in [1.807, 2.05) is 30.3 Å². The van der Waals surface area contributed by atoms with Gasteiger partial charge in [-0.1, -0.05) is 63.2 Å². The monoisotopic (exact) mass is 336 g/mol. The second kappa shape index (κ2) is 7.40. The maximum atomic E-state index is 13.0. The predicted molar refractivity (Wildman–Crippen MR) is 104 cm³/mol. The summed E-state index contributed by atoms with van der Waals surface area (Å²) in [4.78, 5) is 13.0. The summed E-state index contributed by atoms with van der Waals surface area (Å²) in [6.45, 7) is 7.52. The number of carbonyl (C=O) groups excluding carboxylic acids is 1. The van der Waals surface area contributed by atoms with Gasteiger partial charge in [0.2, 0.25) is 5.91 Å². The average molecular weight is 336 g/mol. The van der Waals surface area contributed by atoms with E-state index in [4.69, 9.17) is 0 Å². The van der Waals surface area contributed by atoms with E-state index in [1.54, 1.807) is 0 Å². The summed E-state index contributed by atoms with van der Waals surface area (Å²) < 4.78 is 0. The number of hydrogen-bond acceptors (Lipinski definition) is 2. The molecule has 0 aromatic heterocycles. The molecule has 1 heterocycles. The maximum Gasteiger partial charge on any atom is 0.229 e. The quantitative estimate of drug-likeness (QED) is 0.855. The third kappa shape index (κ3) is 4.29. The molecule has 1 aliphatic heterocycles. The number of hydrogen-bond donors (Lipinski definition) is 2. The van der Waals surface area contributed by atoms with Gasteiger partial charge < -0.3 is 10.6 Å². The molecule has 2 atom stereocenters. The van der Waals surface area contributed by atoms with Crippen molar-refractivity contribution < 1.29 is 4.79 Å². The molecule has 25 heavy (non-hydrogen) atoms. The molecule has 1 amide bonds. The van der Waals surface area contributed by atoms with Gasteiger partial charge >= 0.3 is 0 Å².